The van der Waals surface area contributed by atoms with Crippen LogP contribution in [-0.4, -0.2) is 368 Å². The molecule has 0 aromatic carbocycles. The molecule has 0 saturated heterocycles. The SMILES string of the molecule is COCCOCCOCCOCCOCCOCCOCCOCCOCCOCCOCCOCCOCCOCCOCCOCCOCCOCCOCCOCCOCCOCCOCCOCCN(CP(C)(C)=O)CP(C)(C)=O. The molecule has 0 N–H and O–H groups in total. The zero-order chi connectivity index (χ0) is 60.9. The van der Waals surface area contributed by atoms with E-state index in [0.717, 1.165) is 0 Å². The summed E-state index contributed by atoms with van der Waals surface area (Å²) >= 11 is 0. The van der Waals surface area contributed by atoms with Crippen molar-refractivity contribution >= 4 is 14.3 Å². The van der Waals surface area contributed by atoms with Gasteiger partial charge in [-0.25, -0.2) is 0 Å². The van der Waals surface area contributed by atoms with Gasteiger partial charge in [0.25, 0.3) is 0 Å². The second-order valence-corrected chi connectivity index (χ2v) is 25.8. The van der Waals surface area contributed by atoms with E-state index in [1.807, 2.05) is 4.90 Å². The third-order valence-corrected chi connectivity index (χ3v) is 12.4. The Morgan fingerprint density at radius 3 is 0.405 bits per heavy atom. The van der Waals surface area contributed by atoms with Crippen molar-refractivity contribution in [3.05, 3.63) is 0 Å². The maximum atomic E-state index is 12.2. The van der Waals surface area contributed by atoms with Crippen LogP contribution in [0.5, 0.6) is 0 Å². The third kappa shape index (κ3) is 77.6. The molecule has 0 aliphatic rings. The van der Waals surface area contributed by atoms with Gasteiger partial charge in [0.05, 0.1) is 337 Å². The Balaban J connectivity index is 3.15. The monoisotopic (exact) mass is 1270 g/mol. The Kier molecular flexibility index (Phi) is 69.5. The van der Waals surface area contributed by atoms with Crippen molar-refractivity contribution in [1.82, 2.24) is 4.90 Å². The molecule has 0 aliphatic heterocycles. The molecule has 29 heteroatoms. The van der Waals surface area contributed by atoms with E-state index in [2.05, 4.69) is 0 Å². The lowest BCUT2D eigenvalue weighted by molar-refractivity contribution is -0.0319. The fourth-order valence-corrected chi connectivity index (χ4v) is 8.99. The number of ether oxygens (including phenoxy) is 24. The van der Waals surface area contributed by atoms with E-state index in [0.29, 0.717) is 330 Å². The summed E-state index contributed by atoms with van der Waals surface area (Å²) in [6.45, 7) is 30.6. The van der Waals surface area contributed by atoms with Crippen LogP contribution >= 0.6 is 14.3 Å². The predicted octanol–water partition coefficient (Wildman–Crippen LogP) is 2.48. The molecule has 27 nitrogen and oxygen atoms in total. The zero-order valence-corrected chi connectivity index (χ0v) is 54.1. The smallest absolute Gasteiger partial charge is 0.0951 e. The van der Waals surface area contributed by atoms with Crippen LogP contribution in [0.3, 0.4) is 0 Å². The predicted molar refractivity (Wildman–Crippen MR) is 316 cm³/mol. The first-order valence-corrected chi connectivity index (χ1v) is 35.3. The van der Waals surface area contributed by atoms with Crippen LogP contribution in [0, 0.1) is 0 Å². The molecular weight excluding hydrogens is 1150 g/mol. The third-order valence-electron chi connectivity index (χ3n) is 10.2. The van der Waals surface area contributed by atoms with Gasteiger partial charge in [0, 0.05) is 13.7 Å². The van der Waals surface area contributed by atoms with Crippen LogP contribution in [0.25, 0.3) is 0 Å². The highest BCUT2D eigenvalue weighted by atomic mass is 31.2. The van der Waals surface area contributed by atoms with E-state index < -0.39 is 14.3 Å². The number of methoxy groups -OCH3 is 1. The number of hydrogen-bond acceptors (Lipinski definition) is 27. The molecule has 0 radical (unpaired) electrons. The minimum atomic E-state index is -2.25. The summed E-state index contributed by atoms with van der Waals surface area (Å²) in [6, 6.07) is 0. The number of hydrogen-bond donors (Lipinski definition) is 0. The fraction of sp³-hybridized carbons (Fsp3) is 1.00. The van der Waals surface area contributed by atoms with Gasteiger partial charge in [-0.3, -0.25) is 4.90 Å². The molecule has 0 unspecified atom stereocenters. The Morgan fingerprint density at radius 1 is 0.190 bits per heavy atom. The largest absolute Gasteiger partial charge is 0.382 e. The Labute approximate surface area is 504 Å². The minimum Gasteiger partial charge on any atom is -0.382 e. The first-order valence-electron chi connectivity index (χ1n) is 29.7. The molecule has 0 aromatic heterocycles. The van der Waals surface area contributed by atoms with Crippen molar-refractivity contribution in [1.29, 1.82) is 0 Å². The van der Waals surface area contributed by atoms with Crippen molar-refractivity contribution in [3.63, 3.8) is 0 Å². The van der Waals surface area contributed by atoms with Gasteiger partial charge in [0.1, 0.15) is 0 Å². The number of nitrogens with zero attached hydrogens (tertiary/aromatic N) is 1. The van der Waals surface area contributed by atoms with Crippen LogP contribution in [0.15, 0.2) is 0 Å². The van der Waals surface area contributed by atoms with E-state index in [-0.39, 0.29) is 0 Å². The van der Waals surface area contributed by atoms with Crippen molar-refractivity contribution < 1.29 is 123 Å². The summed E-state index contributed by atoms with van der Waals surface area (Å²) in [5.41, 5.74) is 0. The molecule has 0 heterocycles. The van der Waals surface area contributed by atoms with Gasteiger partial charge in [0.2, 0.25) is 0 Å². The first kappa shape index (κ1) is 83.5. The maximum Gasteiger partial charge on any atom is 0.0951 e. The lowest BCUT2D eigenvalue weighted by Crippen LogP contribution is -2.30. The van der Waals surface area contributed by atoms with Gasteiger partial charge in [-0.2, -0.15) is 0 Å². The topological polar surface area (TPSA) is 259 Å². The molecule has 0 spiro atoms. The normalized spacial score (nSPS) is 12.3. The highest BCUT2D eigenvalue weighted by Crippen LogP contribution is 2.41. The second-order valence-electron chi connectivity index (χ2n) is 18.9. The average Bonchev–Trinajstić information content (AvgIpc) is 3.57. The Morgan fingerprint density at radius 2 is 0.298 bits per heavy atom. The summed E-state index contributed by atoms with van der Waals surface area (Å²) in [5.74, 6) is 0. The quantitative estimate of drug-likeness (QED) is 0.0626. The van der Waals surface area contributed by atoms with Crippen molar-refractivity contribution in [3.8, 4) is 0 Å². The van der Waals surface area contributed by atoms with Crippen LogP contribution in [0.1, 0.15) is 0 Å². The molecule has 84 heavy (non-hydrogen) atoms. The van der Waals surface area contributed by atoms with Crippen molar-refractivity contribution in [2.45, 2.75) is 0 Å². The van der Waals surface area contributed by atoms with E-state index >= 15 is 0 Å². The fourth-order valence-electron chi connectivity index (χ4n) is 6.43. The van der Waals surface area contributed by atoms with Gasteiger partial charge >= 0.3 is 0 Å². The first-order chi connectivity index (χ1) is 41.1. The highest BCUT2D eigenvalue weighted by molar-refractivity contribution is 7.63. The van der Waals surface area contributed by atoms with E-state index in [9.17, 15) is 9.13 Å². The molecule has 0 amide bonds. The van der Waals surface area contributed by atoms with Gasteiger partial charge in [0.15, 0.2) is 0 Å². The van der Waals surface area contributed by atoms with Gasteiger partial charge in [-0.1, -0.05) is 0 Å². The summed E-state index contributed by atoms with van der Waals surface area (Å²) in [4.78, 5) is 1.97. The minimum absolute atomic E-state index is 0.438. The zero-order valence-electron chi connectivity index (χ0n) is 52.3. The summed E-state index contributed by atoms with van der Waals surface area (Å²) < 4.78 is 156. The summed E-state index contributed by atoms with van der Waals surface area (Å²) in [7, 11) is -2.86. The van der Waals surface area contributed by atoms with Crippen LogP contribution in [0.4, 0.5) is 0 Å². The lowest BCUT2D eigenvalue weighted by atomic mass is 10.6. The van der Waals surface area contributed by atoms with Crippen molar-refractivity contribution in [2.75, 3.05) is 363 Å². The molecule has 0 aromatic rings. The summed E-state index contributed by atoms with van der Waals surface area (Å²) in [5, 5.41) is 0. The van der Waals surface area contributed by atoms with Crippen LogP contribution in [-0.2, 0) is 123 Å². The highest BCUT2D eigenvalue weighted by Gasteiger charge is 2.19. The molecular formula is C55H115NO26P2. The van der Waals surface area contributed by atoms with Gasteiger partial charge in [-0.05, 0) is 26.7 Å². The molecule has 0 atom stereocenters. The van der Waals surface area contributed by atoms with E-state index in [4.69, 9.17) is 114 Å². The Hall–Kier alpha value is -0.540. The van der Waals surface area contributed by atoms with Crippen LogP contribution in [0.2, 0.25) is 0 Å². The maximum absolute atomic E-state index is 12.2. The molecule has 0 fully saturated rings. The number of rotatable bonds is 76. The summed E-state index contributed by atoms with van der Waals surface area (Å²) in [6.07, 6.45) is 0.875. The Bertz CT molecular complexity index is 1330. The van der Waals surface area contributed by atoms with E-state index in [1.165, 1.54) is 0 Å². The van der Waals surface area contributed by atoms with E-state index in [1.54, 1.807) is 33.8 Å². The average molecular weight is 1270 g/mol. The molecule has 506 valence electrons. The molecule has 0 bridgehead atoms. The standard InChI is InChI=1S/C55H115NO26P2/c1-59-8-9-61-12-13-63-16-17-65-20-21-67-24-25-69-28-29-71-32-33-73-36-37-75-40-41-77-44-45-79-48-49-81-52-53-82-51-50-80-47-46-78-43-42-76-39-38-74-35-34-72-31-30-70-27-26-68-23-22-66-19-18-64-15-14-62-11-10-60-7-6-56(54-83(2,3)57)55-84(4,5)58/h6-55H2,1-5H3. The molecule has 0 aliphatic carbocycles. The van der Waals surface area contributed by atoms with Crippen molar-refractivity contribution in [2.24, 2.45) is 0 Å². The van der Waals surface area contributed by atoms with Gasteiger partial charge < -0.3 is 123 Å². The van der Waals surface area contributed by atoms with Crippen LogP contribution < -0.4 is 0 Å². The van der Waals surface area contributed by atoms with Gasteiger partial charge in [-0.15, -0.1) is 0 Å². The second kappa shape index (κ2) is 69.9. The lowest BCUT2D eigenvalue weighted by Gasteiger charge is -2.25. The molecule has 0 rings (SSSR count). The molecule has 0 saturated carbocycles.